The summed E-state index contributed by atoms with van der Waals surface area (Å²) in [5, 5.41) is 10.6. The highest BCUT2D eigenvalue weighted by atomic mass is 16.7. The molecule has 0 radical (unpaired) electrons. The summed E-state index contributed by atoms with van der Waals surface area (Å²) in [6.45, 7) is 1.21. The minimum atomic E-state index is -1.32. The van der Waals surface area contributed by atoms with Gasteiger partial charge in [-0.05, 0) is 24.1 Å². The van der Waals surface area contributed by atoms with Crippen molar-refractivity contribution < 1.29 is 33.6 Å². The zero-order valence-corrected chi connectivity index (χ0v) is 12.9. The van der Waals surface area contributed by atoms with Crippen LogP contribution >= 0.6 is 0 Å². The summed E-state index contributed by atoms with van der Waals surface area (Å²) >= 11 is 0. The second-order valence-electron chi connectivity index (χ2n) is 4.58. The van der Waals surface area contributed by atoms with Gasteiger partial charge in [0, 0.05) is 13.2 Å². The lowest BCUT2D eigenvalue weighted by molar-refractivity contribution is -0.307. The fourth-order valence-corrected chi connectivity index (χ4v) is 1.58. The Balaban J connectivity index is 2.28. The fraction of sp³-hybridized carbons (Fsp3) is 0.467. The molecule has 0 bridgehead atoms. The first-order chi connectivity index (χ1) is 11.0. The summed E-state index contributed by atoms with van der Waals surface area (Å²) in [7, 11) is 1.56. The Labute approximate surface area is 134 Å². The molecule has 1 aromatic rings. The first kappa shape index (κ1) is 18.9. The molecule has 0 unspecified atom stereocenters. The van der Waals surface area contributed by atoms with Gasteiger partial charge in [-0.3, -0.25) is 0 Å². The largest absolute Gasteiger partial charge is 0.548 e. The molecule has 0 aromatic heterocycles. The maximum Gasteiger partial charge on any atom is 0.513 e. The van der Waals surface area contributed by atoms with Crippen LogP contribution in [0.25, 0.3) is 0 Å². The minimum absolute atomic E-state index is 0.0705. The van der Waals surface area contributed by atoms with Crippen LogP contribution in [0.15, 0.2) is 24.3 Å². The molecule has 8 nitrogen and oxygen atoms in total. The van der Waals surface area contributed by atoms with Gasteiger partial charge >= 0.3 is 6.16 Å². The van der Waals surface area contributed by atoms with E-state index in [1.165, 1.54) is 12.1 Å². The molecule has 2 N–H and O–H groups in total. The normalized spacial score (nSPS) is 11.7. The van der Waals surface area contributed by atoms with E-state index >= 15 is 0 Å². The van der Waals surface area contributed by atoms with E-state index in [0.717, 1.165) is 0 Å². The van der Waals surface area contributed by atoms with Crippen LogP contribution < -0.4 is 15.6 Å². The summed E-state index contributed by atoms with van der Waals surface area (Å²) < 4.78 is 19.7. The van der Waals surface area contributed by atoms with Crippen molar-refractivity contribution in [2.45, 2.75) is 12.5 Å². The number of nitrogens with two attached hydrogens (primary N) is 1. The predicted molar refractivity (Wildman–Crippen MR) is 77.8 cm³/mol. The Hall–Kier alpha value is -2.16. The lowest BCUT2D eigenvalue weighted by Crippen LogP contribution is -2.43. The molecular weight excluding hydrogens is 306 g/mol. The smallest absolute Gasteiger partial charge is 0.513 e. The van der Waals surface area contributed by atoms with Crippen LogP contribution in [0.1, 0.15) is 5.56 Å². The van der Waals surface area contributed by atoms with Gasteiger partial charge in [-0.2, -0.15) is 0 Å². The average Bonchev–Trinajstić information content (AvgIpc) is 2.52. The number of carboxylic acids is 1. The van der Waals surface area contributed by atoms with Crippen LogP contribution in [0.4, 0.5) is 4.79 Å². The molecule has 1 aromatic carbocycles. The predicted octanol–water partition coefficient (Wildman–Crippen LogP) is -0.515. The number of carboxylic acid groups (broad SMARTS) is 1. The summed E-state index contributed by atoms with van der Waals surface area (Å²) in [5.74, 6) is -1.04. The third-order valence-electron chi connectivity index (χ3n) is 2.76. The second-order valence-corrected chi connectivity index (χ2v) is 4.58. The van der Waals surface area contributed by atoms with Gasteiger partial charge in [-0.25, -0.2) is 4.79 Å². The van der Waals surface area contributed by atoms with Crippen LogP contribution in [0, 0.1) is 0 Å². The molecule has 1 atom stereocenters. The van der Waals surface area contributed by atoms with Gasteiger partial charge in [0.25, 0.3) is 0 Å². The second kappa shape index (κ2) is 10.5. The van der Waals surface area contributed by atoms with E-state index in [9.17, 15) is 14.7 Å². The first-order valence-corrected chi connectivity index (χ1v) is 6.99. The van der Waals surface area contributed by atoms with Crippen LogP contribution in [0.2, 0.25) is 0 Å². The SMILES string of the molecule is COCCOCCOC(=O)Oc1ccc(C[C@H](N)C(=O)[O-])cc1. The standard InChI is InChI=1S/C15H21NO7/c1-20-6-7-21-8-9-22-15(19)23-12-4-2-11(3-5-12)10-13(16)14(17)18/h2-5,13H,6-10,16H2,1H3,(H,17,18)/p-1/t13-/m0/s1. The average molecular weight is 326 g/mol. The van der Waals surface area contributed by atoms with E-state index in [0.29, 0.717) is 18.8 Å². The van der Waals surface area contributed by atoms with Gasteiger partial charge in [-0.1, -0.05) is 12.1 Å². The van der Waals surface area contributed by atoms with Crippen molar-refractivity contribution in [3.63, 3.8) is 0 Å². The molecule has 0 saturated heterocycles. The van der Waals surface area contributed by atoms with Gasteiger partial charge in [0.05, 0.1) is 25.8 Å². The van der Waals surface area contributed by atoms with Crippen molar-refractivity contribution in [1.82, 2.24) is 0 Å². The first-order valence-electron chi connectivity index (χ1n) is 6.99. The van der Waals surface area contributed by atoms with Crippen molar-refractivity contribution in [2.24, 2.45) is 5.73 Å². The van der Waals surface area contributed by atoms with Gasteiger partial charge in [0.1, 0.15) is 12.4 Å². The van der Waals surface area contributed by atoms with Gasteiger partial charge in [0.15, 0.2) is 0 Å². The van der Waals surface area contributed by atoms with E-state index in [4.69, 9.17) is 24.7 Å². The number of carbonyl (C=O) groups excluding carboxylic acids is 2. The fourth-order valence-electron chi connectivity index (χ4n) is 1.58. The highest BCUT2D eigenvalue weighted by Crippen LogP contribution is 2.13. The molecule has 0 aliphatic carbocycles. The lowest BCUT2D eigenvalue weighted by Gasteiger charge is -2.12. The van der Waals surface area contributed by atoms with Gasteiger partial charge in [0.2, 0.25) is 0 Å². The molecule has 0 heterocycles. The van der Waals surface area contributed by atoms with Crippen molar-refractivity contribution in [2.75, 3.05) is 33.5 Å². The molecule has 1 rings (SSSR count). The highest BCUT2D eigenvalue weighted by molar-refractivity contribution is 5.71. The quantitative estimate of drug-likeness (QED) is 0.346. The molecule has 8 heteroatoms. The van der Waals surface area contributed by atoms with E-state index in [1.807, 2.05) is 0 Å². The van der Waals surface area contributed by atoms with Crippen molar-refractivity contribution in [3.05, 3.63) is 29.8 Å². The number of carbonyl (C=O) groups is 2. The molecule has 0 aliphatic heterocycles. The third kappa shape index (κ3) is 8.15. The highest BCUT2D eigenvalue weighted by Gasteiger charge is 2.08. The number of ether oxygens (including phenoxy) is 4. The lowest BCUT2D eigenvalue weighted by atomic mass is 10.1. The Kier molecular flexibility index (Phi) is 8.66. The van der Waals surface area contributed by atoms with Crippen LogP contribution in [0.3, 0.4) is 0 Å². The summed E-state index contributed by atoms with van der Waals surface area (Å²) in [6, 6.07) is 5.18. The Morgan fingerprint density at radius 2 is 1.78 bits per heavy atom. The van der Waals surface area contributed by atoms with Crippen LogP contribution in [-0.4, -0.2) is 51.7 Å². The van der Waals surface area contributed by atoms with E-state index in [1.54, 1.807) is 19.2 Å². The summed E-state index contributed by atoms with van der Waals surface area (Å²) in [6.07, 6.45) is -0.717. The minimum Gasteiger partial charge on any atom is -0.548 e. The number of hydrogen-bond acceptors (Lipinski definition) is 8. The topological polar surface area (TPSA) is 120 Å². The van der Waals surface area contributed by atoms with Crippen LogP contribution in [-0.2, 0) is 25.4 Å². The third-order valence-corrected chi connectivity index (χ3v) is 2.76. The Morgan fingerprint density at radius 1 is 1.13 bits per heavy atom. The van der Waals surface area contributed by atoms with Crippen LogP contribution in [0.5, 0.6) is 5.75 Å². The molecule has 0 fully saturated rings. The van der Waals surface area contributed by atoms with Crippen molar-refractivity contribution >= 4 is 12.1 Å². The van der Waals surface area contributed by atoms with E-state index in [2.05, 4.69) is 0 Å². The maximum atomic E-state index is 11.4. The Bertz CT molecular complexity index is 489. The zero-order chi connectivity index (χ0) is 17.1. The number of rotatable bonds is 10. The number of methoxy groups -OCH3 is 1. The Morgan fingerprint density at radius 3 is 2.39 bits per heavy atom. The molecule has 0 saturated carbocycles. The number of hydrogen-bond donors (Lipinski definition) is 1. The molecule has 23 heavy (non-hydrogen) atoms. The molecule has 0 spiro atoms. The molecule has 128 valence electrons. The molecule has 0 amide bonds. The maximum absolute atomic E-state index is 11.4. The summed E-state index contributed by atoms with van der Waals surface area (Å²) in [4.78, 5) is 22.0. The van der Waals surface area contributed by atoms with E-state index < -0.39 is 18.2 Å². The number of aliphatic carboxylic acids is 1. The summed E-state index contributed by atoms with van der Waals surface area (Å²) in [5.41, 5.74) is 6.07. The van der Waals surface area contributed by atoms with Crippen molar-refractivity contribution in [3.8, 4) is 5.75 Å². The molecule has 0 aliphatic rings. The zero-order valence-electron chi connectivity index (χ0n) is 12.9. The van der Waals surface area contributed by atoms with Gasteiger partial charge < -0.3 is 34.6 Å². The molecular formula is C15H20NO7-. The van der Waals surface area contributed by atoms with Gasteiger partial charge in [-0.15, -0.1) is 0 Å². The van der Waals surface area contributed by atoms with E-state index in [-0.39, 0.29) is 25.4 Å². The number of benzene rings is 1. The van der Waals surface area contributed by atoms with Crippen molar-refractivity contribution in [1.29, 1.82) is 0 Å². The monoisotopic (exact) mass is 326 g/mol.